The molecule has 0 unspecified atom stereocenters. The highest BCUT2D eigenvalue weighted by atomic mass is 35.5. The zero-order chi connectivity index (χ0) is 37.4. The molecule has 5 aromatic rings. The molecule has 2 aliphatic rings. The molecule has 1 saturated heterocycles. The van der Waals surface area contributed by atoms with Crippen LogP contribution in [0.25, 0.3) is 34.2 Å². The first kappa shape index (κ1) is 38.2. The van der Waals surface area contributed by atoms with Gasteiger partial charge in [0.1, 0.15) is 5.56 Å². The van der Waals surface area contributed by atoms with Gasteiger partial charge < -0.3 is 14.6 Å². The summed E-state index contributed by atoms with van der Waals surface area (Å²) in [5.74, 6) is -1.49. The van der Waals surface area contributed by atoms with Crippen LogP contribution in [0, 0.1) is 0 Å². The van der Waals surface area contributed by atoms with Crippen molar-refractivity contribution in [1.82, 2.24) is 49.7 Å². The summed E-state index contributed by atoms with van der Waals surface area (Å²) in [6.45, 7) is 3.51. The van der Waals surface area contributed by atoms with Crippen molar-refractivity contribution < 1.29 is 24.2 Å². The van der Waals surface area contributed by atoms with Crippen molar-refractivity contribution in [1.29, 1.82) is 0 Å². The fourth-order valence-corrected chi connectivity index (χ4v) is 5.84. The van der Waals surface area contributed by atoms with Gasteiger partial charge in [-0.2, -0.15) is 10.2 Å². The van der Waals surface area contributed by atoms with E-state index in [9.17, 15) is 19.5 Å². The number of rotatable bonds is 6. The van der Waals surface area contributed by atoms with Gasteiger partial charge in [0.2, 0.25) is 11.8 Å². The molecule has 16 nitrogen and oxygen atoms in total. The molecule has 2 aliphatic heterocycles. The molecule has 2 aromatic carbocycles. The molecule has 0 saturated carbocycles. The van der Waals surface area contributed by atoms with Crippen molar-refractivity contribution in [3.63, 3.8) is 0 Å². The number of ether oxygens (including phenoxy) is 2. The van der Waals surface area contributed by atoms with Gasteiger partial charge in [0.15, 0.2) is 23.3 Å². The maximum atomic E-state index is 12.7. The number of hydrogen-bond acceptors (Lipinski definition) is 12. The molecule has 1 fully saturated rings. The summed E-state index contributed by atoms with van der Waals surface area (Å²) in [6, 6.07) is 14.0. The van der Waals surface area contributed by atoms with Gasteiger partial charge in [-0.25, -0.2) is 19.3 Å². The highest BCUT2D eigenvalue weighted by molar-refractivity contribution is 6.30. The van der Waals surface area contributed by atoms with Gasteiger partial charge >= 0.3 is 11.9 Å². The van der Waals surface area contributed by atoms with Crippen LogP contribution in [-0.4, -0.2) is 83.2 Å². The first-order chi connectivity index (χ1) is 25.0. The Morgan fingerprint density at radius 1 is 0.750 bits per heavy atom. The SMILES string of the molecule is C1CCNNC1.COC(=O)C(C(=O)OC)c1nc(-c2ccc(Cl)cc2)nn1C.Cn1nc(-c2ccc(Cl)cc2)nc1-c1c(O)n2n(c1=O)CCCC2. The van der Waals surface area contributed by atoms with E-state index in [1.54, 1.807) is 59.9 Å². The number of hydrazine groups is 1. The molecular weight excluding hydrogens is 715 g/mol. The second kappa shape index (κ2) is 17.5. The number of nitrogens with zero attached hydrogens (tertiary/aromatic N) is 8. The summed E-state index contributed by atoms with van der Waals surface area (Å²) in [7, 11) is 5.67. The number of benzene rings is 2. The minimum absolute atomic E-state index is 0.0437. The second-order valence-corrected chi connectivity index (χ2v) is 12.7. The molecule has 7 rings (SSSR count). The Balaban J connectivity index is 0.000000174. The Bertz CT molecular complexity index is 2020. The lowest BCUT2D eigenvalue weighted by Crippen LogP contribution is -2.37. The number of esters is 2. The normalized spacial score (nSPS) is 13.7. The molecule has 0 radical (unpaired) electrons. The van der Waals surface area contributed by atoms with E-state index in [2.05, 4.69) is 40.5 Å². The monoisotopic (exact) mass is 754 g/mol. The Morgan fingerprint density at radius 3 is 1.69 bits per heavy atom. The molecule has 0 amide bonds. The molecule has 18 heteroatoms. The number of hydrogen-bond donors (Lipinski definition) is 3. The number of carbonyl (C=O) groups excluding carboxylic acids is 2. The number of aromatic nitrogens is 8. The lowest BCUT2D eigenvalue weighted by molar-refractivity contribution is -0.154. The van der Waals surface area contributed by atoms with Gasteiger partial charge in [-0.15, -0.1) is 0 Å². The topological polar surface area (TPSA) is 185 Å². The smallest absolute Gasteiger partial charge is 0.327 e. The first-order valence-electron chi connectivity index (χ1n) is 16.5. The van der Waals surface area contributed by atoms with E-state index in [1.807, 2.05) is 12.1 Å². The molecular formula is C34H40Cl2N10O6. The Labute approximate surface area is 309 Å². The molecule has 0 spiro atoms. The van der Waals surface area contributed by atoms with Crippen LogP contribution in [0.5, 0.6) is 5.88 Å². The van der Waals surface area contributed by atoms with Crippen LogP contribution in [0.1, 0.15) is 37.4 Å². The molecule has 0 aliphatic carbocycles. The number of nitrogens with one attached hydrogen (secondary N) is 2. The number of methoxy groups -OCH3 is 2. The Kier molecular flexibility index (Phi) is 12.8. The van der Waals surface area contributed by atoms with Crippen molar-refractivity contribution in [2.75, 3.05) is 27.3 Å². The highest BCUT2D eigenvalue weighted by Crippen LogP contribution is 2.29. The quantitative estimate of drug-likeness (QED) is 0.169. The third-order valence-corrected chi connectivity index (χ3v) is 8.80. The van der Waals surface area contributed by atoms with E-state index in [0.717, 1.165) is 31.5 Å². The van der Waals surface area contributed by atoms with Crippen molar-refractivity contribution in [3.05, 3.63) is 74.8 Å². The van der Waals surface area contributed by atoms with Crippen LogP contribution < -0.4 is 16.4 Å². The predicted octanol–water partition coefficient (Wildman–Crippen LogP) is 3.70. The van der Waals surface area contributed by atoms with Crippen LogP contribution in [0.3, 0.4) is 0 Å². The van der Waals surface area contributed by atoms with Gasteiger partial charge in [0.25, 0.3) is 5.56 Å². The molecule has 5 heterocycles. The average molecular weight is 756 g/mol. The highest BCUT2D eigenvalue weighted by Gasteiger charge is 2.35. The van der Waals surface area contributed by atoms with Gasteiger partial charge in [-0.3, -0.25) is 34.6 Å². The number of carbonyl (C=O) groups is 2. The molecule has 3 aromatic heterocycles. The van der Waals surface area contributed by atoms with E-state index in [0.29, 0.717) is 46.2 Å². The van der Waals surface area contributed by atoms with E-state index in [-0.39, 0.29) is 22.8 Å². The summed E-state index contributed by atoms with van der Waals surface area (Å²) >= 11 is 11.7. The average Bonchev–Trinajstić information content (AvgIpc) is 3.82. The van der Waals surface area contributed by atoms with Gasteiger partial charge in [0, 0.05) is 61.4 Å². The minimum atomic E-state index is -1.28. The van der Waals surface area contributed by atoms with Gasteiger partial charge in [-0.05, 0) is 74.2 Å². The van der Waals surface area contributed by atoms with E-state index >= 15 is 0 Å². The number of fused-ring (bicyclic) bond motifs is 1. The zero-order valence-electron chi connectivity index (χ0n) is 29.2. The summed E-state index contributed by atoms with van der Waals surface area (Å²) in [5.41, 5.74) is 7.54. The third-order valence-electron chi connectivity index (χ3n) is 8.30. The van der Waals surface area contributed by atoms with Crippen LogP contribution >= 0.6 is 23.2 Å². The number of aryl methyl sites for hydroxylation is 2. The summed E-state index contributed by atoms with van der Waals surface area (Å²) in [5, 5.41) is 20.3. The van der Waals surface area contributed by atoms with Crippen molar-refractivity contribution >= 4 is 35.1 Å². The van der Waals surface area contributed by atoms with Crippen LogP contribution in [0.2, 0.25) is 10.0 Å². The molecule has 52 heavy (non-hydrogen) atoms. The maximum Gasteiger partial charge on any atom is 0.327 e. The van der Waals surface area contributed by atoms with E-state index in [1.165, 1.54) is 36.4 Å². The molecule has 3 N–H and O–H groups in total. The van der Waals surface area contributed by atoms with E-state index < -0.39 is 17.9 Å². The molecule has 276 valence electrons. The number of aromatic hydroxyl groups is 1. The fourth-order valence-electron chi connectivity index (χ4n) is 5.58. The predicted molar refractivity (Wildman–Crippen MR) is 193 cm³/mol. The Morgan fingerprint density at radius 2 is 1.23 bits per heavy atom. The van der Waals surface area contributed by atoms with Crippen molar-refractivity contribution in [2.45, 2.75) is 44.7 Å². The third kappa shape index (κ3) is 8.70. The second-order valence-electron chi connectivity index (χ2n) is 11.8. The lowest BCUT2D eigenvalue weighted by atomic mass is 10.1. The van der Waals surface area contributed by atoms with Crippen molar-refractivity contribution in [3.8, 4) is 40.0 Å². The lowest BCUT2D eigenvalue weighted by Gasteiger charge is -2.16. The standard InChI is InChI=1S/C16H16ClN5O2.C14H14ClN3O4.C4H10N2/c1-20-14(18-13(19-20)10-4-6-11(17)7-5-10)12-15(23)21-8-2-3-9-22(21)16(12)24;1-18-12(10(13(19)21-2)14(20)22-3)16-11(17-18)8-4-6-9(15)7-5-8;1-2-4-6-5-3-1/h4-7,23H,2-3,8-9H2,1H3;4-7,10H,1-3H3;5-6H,1-4H2. The van der Waals surface area contributed by atoms with Gasteiger partial charge in [-0.1, -0.05) is 23.2 Å². The van der Waals surface area contributed by atoms with Crippen LogP contribution in [0.4, 0.5) is 0 Å². The van der Waals surface area contributed by atoms with Crippen LogP contribution in [-0.2, 0) is 46.2 Å². The zero-order valence-corrected chi connectivity index (χ0v) is 30.7. The van der Waals surface area contributed by atoms with Crippen LogP contribution in [0.15, 0.2) is 53.3 Å². The maximum absolute atomic E-state index is 12.7. The molecule has 0 bridgehead atoms. The fraction of sp³-hybridized carbons (Fsp3) is 0.382. The van der Waals surface area contributed by atoms with Crippen molar-refractivity contribution in [2.24, 2.45) is 14.1 Å². The van der Waals surface area contributed by atoms with Gasteiger partial charge in [0.05, 0.1) is 14.2 Å². The first-order valence-corrected chi connectivity index (χ1v) is 17.3. The minimum Gasteiger partial charge on any atom is -0.493 e. The molecule has 0 atom stereocenters. The number of halogens is 2. The Hall–Kier alpha value is -5.03. The summed E-state index contributed by atoms with van der Waals surface area (Å²) in [6.07, 6.45) is 4.52. The largest absolute Gasteiger partial charge is 0.493 e. The van der Waals surface area contributed by atoms with E-state index in [4.69, 9.17) is 23.2 Å². The summed E-state index contributed by atoms with van der Waals surface area (Å²) < 4.78 is 15.3. The summed E-state index contributed by atoms with van der Waals surface area (Å²) in [4.78, 5) is 45.1.